The van der Waals surface area contributed by atoms with Crippen molar-refractivity contribution >= 4 is 34.6 Å². The normalized spacial score (nSPS) is 15.0. The minimum atomic E-state index is -0.0714. The first-order chi connectivity index (χ1) is 15.9. The van der Waals surface area contributed by atoms with Crippen molar-refractivity contribution in [3.63, 3.8) is 0 Å². The molecule has 2 amide bonds. The van der Waals surface area contributed by atoms with E-state index in [0.717, 1.165) is 35.4 Å². The number of amides is 2. The first-order valence-electron chi connectivity index (χ1n) is 10.8. The van der Waals surface area contributed by atoms with Gasteiger partial charge in [0.2, 0.25) is 5.91 Å². The number of rotatable bonds is 7. The van der Waals surface area contributed by atoms with Crippen LogP contribution in [0.1, 0.15) is 24.1 Å². The van der Waals surface area contributed by atoms with Gasteiger partial charge in [0.05, 0.1) is 24.2 Å². The van der Waals surface area contributed by atoms with E-state index in [1.54, 1.807) is 33.3 Å². The number of hydrogen-bond acceptors (Lipinski definition) is 7. The molecule has 2 heterocycles. The lowest BCUT2D eigenvalue weighted by atomic mass is 10.0. The highest BCUT2D eigenvalue weighted by Gasteiger charge is 2.30. The van der Waals surface area contributed by atoms with Gasteiger partial charge in [0.1, 0.15) is 11.4 Å². The molecule has 1 fully saturated rings. The molecule has 0 bridgehead atoms. The number of carbonyl (C=O) groups is 2. The molecule has 4 rings (SSSR count). The number of benzene rings is 1. The first-order valence-corrected chi connectivity index (χ1v) is 10.8. The summed E-state index contributed by atoms with van der Waals surface area (Å²) >= 11 is 0. The summed E-state index contributed by atoms with van der Waals surface area (Å²) in [5, 5.41) is 17.7. The maximum atomic E-state index is 12.2. The Morgan fingerprint density at radius 1 is 1.15 bits per heavy atom. The van der Waals surface area contributed by atoms with Crippen molar-refractivity contribution in [3.05, 3.63) is 53.4 Å². The number of allylic oxidation sites excluding steroid dienone is 2. The van der Waals surface area contributed by atoms with Crippen molar-refractivity contribution < 1.29 is 14.3 Å². The van der Waals surface area contributed by atoms with Gasteiger partial charge in [-0.25, -0.2) is 0 Å². The Kier molecular flexibility index (Phi) is 6.30. The van der Waals surface area contributed by atoms with Crippen LogP contribution in [-0.2, 0) is 9.59 Å². The average molecular weight is 449 g/mol. The second kappa shape index (κ2) is 9.32. The number of nitrogens with one attached hydrogen (secondary N) is 3. The van der Waals surface area contributed by atoms with E-state index < -0.39 is 0 Å². The molecule has 2 aromatic rings. The molecule has 1 saturated carbocycles. The van der Waals surface area contributed by atoms with Gasteiger partial charge >= 0.3 is 0 Å². The molecule has 1 aromatic heterocycles. The Balaban J connectivity index is 1.60. The predicted molar refractivity (Wildman–Crippen MR) is 127 cm³/mol. The van der Waals surface area contributed by atoms with Crippen LogP contribution < -0.4 is 20.7 Å². The number of aromatic nitrogens is 2. The minimum absolute atomic E-state index is 0.0180. The molecular formula is C24H28N6O3. The van der Waals surface area contributed by atoms with Crippen LogP contribution in [-0.4, -0.2) is 54.7 Å². The average Bonchev–Trinajstić information content (AvgIpc) is 3.66. The number of dihydropyridines is 1. The summed E-state index contributed by atoms with van der Waals surface area (Å²) < 4.78 is 5.76. The van der Waals surface area contributed by atoms with Crippen LogP contribution >= 0.6 is 0 Å². The van der Waals surface area contributed by atoms with E-state index in [2.05, 4.69) is 26.1 Å². The zero-order valence-corrected chi connectivity index (χ0v) is 19.2. The molecule has 1 aliphatic carbocycles. The highest BCUT2D eigenvalue weighted by atomic mass is 16.5. The molecule has 0 spiro atoms. The zero-order chi connectivity index (χ0) is 23.5. The van der Waals surface area contributed by atoms with Gasteiger partial charge in [-0.2, -0.15) is 5.10 Å². The summed E-state index contributed by atoms with van der Waals surface area (Å²) in [6.45, 7) is 2.35. The topological polar surface area (TPSA) is 108 Å². The number of aryl methyl sites for hydroxylation is 1. The van der Waals surface area contributed by atoms with Crippen molar-refractivity contribution in [1.29, 1.82) is 0 Å². The molecule has 172 valence electrons. The predicted octanol–water partition coefficient (Wildman–Crippen LogP) is 2.84. The summed E-state index contributed by atoms with van der Waals surface area (Å²) in [5.74, 6) is 1.08. The molecule has 33 heavy (non-hydrogen) atoms. The SMILES string of the molecule is COc1c(Nc2cc(NC(=O)C3CC3)nnc2C)cccc1C1=CC=C(C(=O)N(C)C)NC1. The van der Waals surface area contributed by atoms with Crippen molar-refractivity contribution in [3.8, 4) is 5.75 Å². The largest absolute Gasteiger partial charge is 0.494 e. The van der Waals surface area contributed by atoms with E-state index in [9.17, 15) is 9.59 Å². The van der Waals surface area contributed by atoms with Crippen molar-refractivity contribution in [1.82, 2.24) is 20.4 Å². The van der Waals surface area contributed by atoms with E-state index in [1.165, 1.54) is 4.90 Å². The molecule has 3 N–H and O–H groups in total. The van der Waals surface area contributed by atoms with Crippen LogP contribution in [0.3, 0.4) is 0 Å². The molecule has 1 aliphatic heterocycles. The number of likely N-dealkylation sites (N-methyl/N-ethyl adjacent to an activating group) is 1. The fourth-order valence-corrected chi connectivity index (χ4v) is 3.53. The standard InChI is InChI=1S/C24H28N6O3/c1-14-20(12-21(29-28-14)27-23(31)15-8-9-15)26-18-7-5-6-17(22(18)33-4)16-10-11-19(25-13-16)24(32)30(2)3/h5-7,10-12,15,25H,8-9,13H2,1-4H3,(H2,26,27,29,31). The fraction of sp³-hybridized carbons (Fsp3) is 0.333. The third-order valence-electron chi connectivity index (χ3n) is 5.57. The maximum absolute atomic E-state index is 12.2. The third-order valence-corrected chi connectivity index (χ3v) is 5.57. The lowest BCUT2D eigenvalue weighted by Gasteiger charge is -2.22. The van der Waals surface area contributed by atoms with Gasteiger partial charge in [-0.05, 0) is 37.5 Å². The first kappa shape index (κ1) is 22.3. The lowest BCUT2D eigenvalue weighted by molar-refractivity contribution is -0.125. The maximum Gasteiger partial charge on any atom is 0.269 e. The van der Waals surface area contributed by atoms with Gasteiger partial charge in [-0.15, -0.1) is 5.10 Å². The zero-order valence-electron chi connectivity index (χ0n) is 19.2. The molecule has 2 aliphatic rings. The van der Waals surface area contributed by atoms with E-state index >= 15 is 0 Å². The molecule has 9 heteroatoms. The van der Waals surface area contributed by atoms with Crippen molar-refractivity contribution in [2.24, 2.45) is 5.92 Å². The highest BCUT2D eigenvalue weighted by molar-refractivity contribution is 5.95. The van der Waals surface area contributed by atoms with E-state index in [0.29, 0.717) is 29.5 Å². The molecular weight excluding hydrogens is 420 g/mol. The number of nitrogens with zero attached hydrogens (tertiary/aromatic N) is 3. The summed E-state index contributed by atoms with van der Waals surface area (Å²) in [7, 11) is 5.07. The Bertz CT molecular complexity index is 1150. The quantitative estimate of drug-likeness (QED) is 0.598. The van der Waals surface area contributed by atoms with Gasteiger partial charge in [-0.3, -0.25) is 9.59 Å². The second-order valence-electron chi connectivity index (χ2n) is 8.33. The molecule has 1 aromatic carbocycles. The number of ether oxygens (including phenoxy) is 1. The van der Waals surface area contributed by atoms with Crippen LogP contribution in [0.2, 0.25) is 0 Å². The smallest absolute Gasteiger partial charge is 0.269 e. The Morgan fingerprint density at radius 2 is 1.94 bits per heavy atom. The van der Waals surface area contributed by atoms with Gasteiger partial charge in [0, 0.05) is 38.2 Å². The lowest BCUT2D eigenvalue weighted by Crippen LogP contribution is -2.33. The Hall–Kier alpha value is -3.88. The molecule has 0 saturated heterocycles. The van der Waals surface area contributed by atoms with Gasteiger partial charge in [0.15, 0.2) is 5.82 Å². The highest BCUT2D eigenvalue weighted by Crippen LogP contribution is 2.37. The number of hydrogen-bond donors (Lipinski definition) is 3. The van der Waals surface area contributed by atoms with Crippen LogP contribution in [0.4, 0.5) is 17.2 Å². The van der Waals surface area contributed by atoms with Crippen LogP contribution in [0.5, 0.6) is 5.75 Å². The van der Waals surface area contributed by atoms with Crippen LogP contribution in [0.25, 0.3) is 5.57 Å². The van der Waals surface area contributed by atoms with Crippen LogP contribution in [0.15, 0.2) is 42.1 Å². The summed E-state index contributed by atoms with van der Waals surface area (Å²) in [4.78, 5) is 25.8. The van der Waals surface area contributed by atoms with Gasteiger partial charge in [-0.1, -0.05) is 18.2 Å². The molecule has 0 unspecified atom stereocenters. The molecule has 0 atom stereocenters. The van der Waals surface area contributed by atoms with Crippen molar-refractivity contribution in [2.75, 3.05) is 38.4 Å². The fourth-order valence-electron chi connectivity index (χ4n) is 3.53. The van der Waals surface area contributed by atoms with E-state index in [-0.39, 0.29) is 17.7 Å². The summed E-state index contributed by atoms with van der Waals surface area (Å²) in [5.41, 5.74) is 4.63. The van der Waals surface area contributed by atoms with E-state index in [4.69, 9.17) is 4.74 Å². The summed E-state index contributed by atoms with van der Waals surface area (Å²) in [6.07, 6.45) is 5.56. The van der Waals surface area contributed by atoms with Gasteiger partial charge < -0.3 is 25.6 Å². The Labute approximate surface area is 192 Å². The minimum Gasteiger partial charge on any atom is -0.494 e. The van der Waals surface area contributed by atoms with Crippen LogP contribution in [0, 0.1) is 12.8 Å². The molecule has 0 radical (unpaired) electrons. The van der Waals surface area contributed by atoms with Gasteiger partial charge in [0.25, 0.3) is 5.91 Å². The number of anilines is 3. The summed E-state index contributed by atoms with van der Waals surface area (Å²) in [6, 6.07) is 7.60. The number of carbonyl (C=O) groups excluding carboxylic acids is 2. The monoisotopic (exact) mass is 448 g/mol. The third kappa shape index (κ3) is 4.97. The second-order valence-corrected chi connectivity index (χ2v) is 8.33. The number of methoxy groups -OCH3 is 1. The number of para-hydroxylation sites is 1. The van der Waals surface area contributed by atoms with Crippen molar-refractivity contribution in [2.45, 2.75) is 19.8 Å². The molecule has 9 nitrogen and oxygen atoms in total. The Morgan fingerprint density at radius 3 is 2.58 bits per heavy atom. The van der Waals surface area contributed by atoms with E-state index in [1.807, 2.05) is 31.2 Å².